The van der Waals surface area contributed by atoms with Gasteiger partial charge in [0.15, 0.2) is 0 Å². The summed E-state index contributed by atoms with van der Waals surface area (Å²) in [5, 5.41) is 4.65. The molecule has 4 heteroatoms. The van der Waals surface area contributed by atoms with Crippen molar-refractivity contribution in [2.24, 2.45) is 11.8 Å². The maximum atomic E-state index is 5.82. The summed E-state index contributed by atoms with van der Waals surface area (Å²) >= 11 is 0. The Morgan fingerprint density at radius 1 is 1.15 bits per heavy atom. The van der Waals surface area contributed by atoms with Crippen LogP contribution < -0.4 is 11.1 Å². The number of nitrogen functional groups attached to an aromatic ring is 1. The lowest BCUT2D eigenvalue weighted by Gasteiger charge is -2.33. The molecule has 106 valence electrons. The van der Waals surface area contributed by atoms with Gasteiger partial charge in [0.25, 0.3) is 0 Å². The molecule has 1 aliphatic rings. The molecule has 3 atom stereocenters. The van der Waals surface area contributed by atoms with Gasteiger partial charge in [0.05, 0.1) is 5.52 Å². The van der Waals surface area contributed by atoms with E-state index < -0.39 is 0 Å². The van der Waals surface area contributed by atoms with E-state index in [9.17, 15) is 0 Å². The van der Waals surface area contributed by atoms with Crippen molar-refractivity contribution in [3.63, 3.8) is 0 Å². The van der Waals surface area contributed by atoms with E-state index in [0.29, 0.717) is 17.9 Å². The molecule has 1 fully saturated rings. The standard InChI is InChI=1S/C16H22N4/c1-10-7-8-13(11(2)9-10)18-15-12-5-3-4-6-14(12)19-16(17)20-15/h3-6,10-11,13H,7-9H2,1-2H3,(H3,17,18,19,20). The molecule has 0 saturated heterocycles. The lowest BCUT2D eigenvalue weighted by Crippen LogP contribution is -2.33. The van der Waals surface area contributed by atoms with Crippen molar-refractivity contribution in [3.05, 3.63) is 24.3 Å². The SMILES string of the molecule is CC1CCC(Nc2nc(N)nc3ccccc23)C(C)C1. The van der Waals surface area contributed by atoms with E-state index >= 15 is 0 Å². The summed E-state index contributed by atoms with van der Waals surface area (Å²) < 4.78 is 0. The Bertz CT molecular complexity index is 610. The summed E-state index contributed by atoms with van der Waals surface area (Å²) in [6, 6.07) is 8.49. The van der Waals surface area contributed by atoms with Crippen LogP contribution in [0.25, 0.3) is 10.9 Å². The van der Waals surface area contributed by atoms with Crippen LogP contribution in [0, 0.1) is 11.8 Å². The monoisotopic (exact) mass is 270 g/mol. The summed E-state index contributed by atoms with van der Waals surface area (Å²) in [4.78, 5) is 8.69. The molecule has 1 heterocycles. The summed E-state index contributed by atoms with van der Waals surface area (Å²) in [5.74, 6) is 2.70. The lowest BCUT2D eigenvalue weighted by molar-refractivity contribution is 0.276. The number of nitrogens with two attached hydrogens (primary N) is 1. The zero-order valence-electron chi connectivity index (χ0n) is 12.1. The van der Waals surface area contributed by atoms with Crippen LogP contribution in [0.1, 0.15) is 33.1 Å². The number of aromatic nitrogens is 2. The first kappa shape index (κ1) is 13.2. The van der Waals surface area contributed by atoms with Gasteiger partial charge >= 0.3 is 0 Å². The highest BCUT2D eigenvalue weighted by molar-refractivity contribution is 5.89. The van der Waals surface area contributed by atoms with Crippen molar-refractivity contribution >= 4 is 22.7 Å². The highest BCUT2D eigenvalue weighted by Crippen LogP contribution is 2.32. The molecule has 1 aliphatic carbocycles. The van der Waals surface area contributed by atoms with Crippen molar-refractivity contribution in [2.45, 2.75) is 39.2 Å². The van der Waals surface area contributed by atoms with Crippen molar-refractivity contribution in [2.75, 3.05) is 11.1 Å². The van der Waals surface area contributed by atoms with Gasteiger partial charge in [0, 0.05) is 11.4 Å². The molecule has 0 spiro atoms. The van der Waals surface area contributed by atoms with Crippen molar-refractivity contribution in [3.8, 4) is 0 Å². The first-order valence-electron chi connectivity index (χ1n) is 7.42. The van der Waals surface area contributed by atoms with Crippen LogP contribution in [0.2, 0.25) is 0 Å². The Labute approximate surface area is 119 Å². The second-order valence-electron chi connectivity index (χ2n) is 6.09. The molecule has 1 aromatic heterocycles. The maximum absolute atomic E-state index is 5.82. The van der Waals surface area contributed by atoms with Gasteiger partial charge in [-0.1, -0.05) is 26.0 Å². The Morgan fingerprint density at radius 2 is 1.95 bits per heavy atom. The number of anilines is 2. The van der Waals surface area contributed by atoms with Crippen LogP contribution in [0.3, 0.4) is 0 Å². The molecule has 0 radical (unpaired) electrons. The minimum atomic E-state index is 0.336. The molecule has 0 bridgehead atoms. The van der Waals surface area contributed by atoms with E-state index in [2.05, 4.69) is 29.1 Å². The molecule has 0 amide bonds. The first-order chi connectivity index (χ1) is 9.63. The van der Waals surface area contributed by atoms with E-state index in [1.54, 1.807) is 0 Å². The van der Waals surface area contributed by atoms with E-state index in [-0.39, 0.29) is 0 Å². The van der Waals surface area contributed by atoms with Crippen LogP contribution in [0.5, 0.6) is 0 Å². The third-order valence-corrected chi connectivity index (χ3v) is 4.37. The van der Waals surface area contributed by atoms with E-state index in [0.717, 1.165) is 22.6 Å². The number of hydrogen-bond acceptors (Lipinski definition) is 4. The molecule has 20 heavy (non-hydrogen) atoms. The van der Waals surface area contributed by atoms with Gasteiger partial charge in [-0.05, 0) is 43.2 Å². The third kappa shape index (κ3) is 2.55. The fourth-order valence-electron chi connectivity index (χ4n) is 3.26. The Hall–Kier alpha value is -1.84. The second-order valence-corrected chi connectivity index (χ2v) is 6.09. The molecular weight excluding hydrogens is 248 g/mol. The number of benzene rings is 1. The highest BCUT2D eigenvalue weighted by Gasteiger charge is 2.25. The van der Waals surface area contributed by atoms with E-state index in [4.69, 9.17) is 5.73 Å². The van der Waals surface area contributed by atoms with Crippen molar-refractivity contribution < 1.29 is 0 Å². The third-order valence-electron chi connectivity index (χ3n) is 4.37. The zero-order chi connectivity index (χ0) is 14.1. The molecule has 3 rings (SSSR count). The Balaban J connectivity index is 1.90. The largest absolute Gasteiger partial charge is 0.368 e. The highest BCUT2D eigenvalue weighted by atomic mass is 15.1. The Morgan fingerprint density at radius 3 is 2.75 bits per heavy atom. The smallest absolute Gasteiger partial charge is 0.222 e. The van der Waals surface area contributed by atoms with Crippen molar-refractivity contribution in [1.29, 1.82) is 0 Å². The number of nitrogens with one attached hydrogen (secondary N) is 1. The van der Waals surface area contributed by atoms with Gasteiger partial charge in [0.1, 0.15) is 5.82 Å². The summed E-state index contributed by atoms with van der Waals surface area (Å²) in [6.45, 7) is 4.66. The van der Waals surface area contributed by atoms with Gasteiger partial charge in [-0.3, -0.25) is 0 Å². The average molecular weight is 270 g/mol. The minimum absolute atomic E-state index is 0.336. The predicted octanol–water partition coefficient (Wildman–Crippen LogP) is 3.45. The molecular formula is C16H22N4. The summed E-state index contributed by atoms with van der Waals surface area (Å²) in [5.41, 5.74) is 6.73. The fraction of sp³-hybridized carbons (Fsp3) is 0.500. The molecule has 4 nitrogen and oxygen atoms in total. The zero-order valence-corrected chi connectivity index (χ0v) is 12.1. The topological polar surface area (TPSA) is 63.8 Å². The van der Waals surface area contributed by atoms with Crippen LogP contribution in [-0.4, -0.2) is 16.0 Å². The predicted molar refractivity (Wildman–Crippen MR) is 83.5 cm³/mol. The maximum Gasteiger partial charge on any atom is 0.222 e. The van der Waals surface area contributed by atoms with Crippen molar-refractivity contribution in [1.82, 2.24) is 9.97 Å². The van der Waals surface area contributed by atoms with E-state index in [1.807, 2.05) is 24.3 Å². The number of para-hydroxylation sites is 1. The number of hydrogen-bond donors (Lipinski definition) is 2. The molecule has 1 aromatic carbocycles. The van der Waals surface area contributed by atoms with Gasteiger partial charge in [-0.15, -0.1) is 0 Å². The summed E-state index contributed by atoms with van der Waals surface area (Å²) in [7, 11) is 0. The second kappa shape index (κ2) is 5.27. The minimum Gasteiger partial charge on any atom is -0.368 e. The van der Waals surface area contributed by atoms with Gasteiger partial charge in [0.2, 0.25) is 5.95 Å². The number of rotatable bonds is 2. The molecule has 1 saturated carbocycles. The number of fused-ring (bicyclic) bond motifs is 1. The molecule has 3 unspecified atom stereocenters. The van der Waals surface area contributed by atoms with Gasteiger partial charge < -0.3 is 11.1 Å². The van der Waals surface area contributed by atoms with Crippen LogP contribution in [0.15, 0.2) is 24.3 Å². The fourth-order valence-corrected chi connectivity index (χ4v) is 3.26. The normalized spacial score (nSPS) is 26.6. The first-order valence-corrected chi connectivity index (χ1v) is 7.42. The molecule has 2 aromatic rings. The van der Waals surface area contributed by atoms with Crippen LogP contribution in [0.4, 0.5) is 11.8 Å². The van der Waals surface area contributed by atoms with Gasteiger partial charge in [-0.25, -0.2) is 4.98 Å². The van der Waals surface area contributed by atoms with Crippen LogP contribution in [-0.2, 0) is 0 Å². The number of nitrogens with zero attached hydrogens (tertiary/aromatic N) is 2. The quantitative estimate of drug-likeness (QED) is 0.877. The van der Waals surface area contributed by atoms with E-state index in [1.165, 1.54) is 19.3 Å². The Kier molecular flexibility index (Phi) is 3.47. The lowest BCUT2D eigenvalue weighted by atomic mass is 9.80. The molecule has 0 aliphatic heterocycles. The van der Waals surface area contributed by atoms with Crippen LogP contribution >= 0.6 is 0 Å². The molecule has 3 N–H and O–H groups in total. The average Bonchev–Trinajstić information content (AvgIpc) is 2.41. The van der Waals surface area contributed by atoms with Gasteiger partial charge in [-0.2, -0.15) is 4.98 Å². The summed E-state index contributed by atoms with van der Waals surface area (Å²) in [6.07, 6.45) is 3.75.